The summed E-state index contributed by atoms with van der Waals surface area (Å²) in [7, 11) is 0. The zero-order valence-corrected chi connectivity index (χ0v) is 12.8. The third kappa shape index (κ3) is 3.06. The lowest BCUT2D eigenvalue weighted by Gasteiger charge is -2.32. The molecule has 0 spiro atoms. The minimum atomic E-state index is -0.635. The second kappa shape index (κ2) is 6.32. The van der Waals surface area contributed by atoms with E-state index in [9.17, 15) is 9.50 Å². The number of para-hydroxylation sites is 1. The van der Waals surface area contributed by atoms with Gasteiger partial charge in [-0.05, 0) is 45.3 Å². The normalized spacial score (nSPS) is 25.3. The molecule has 2 atom stereocenters. The topological polar surface area (TPSA) is 26.7 Å². The van der Waals surface area contributed by atoms with Crippen molar-refractivity contribution in [3.63, 3.8) is 0 Å². The summed E-state index contributed by atoms with van der Waals surface area (Å²) in [6.07, 6.45) is 4.37. The molecule has 0 amide bonds. The minimum absolute atomic E-state index is 0.215. The molecule has 2 fully saturated rings. The van der Waals surface area contributed by atoms with E-state index in [0.29, 0.717) is 17.3 Å². The Morgan fingerprint density at radius 3 is 2.67 bits per heavy atom. The highest BCUT2D eigenvalue weighted by Gasteiger charge is 2.31. The second-order valence-corrected chi connectivity index (χ2v) is 6.34. The number of likely N-dealkylation sites (tertiary alicyclic amines) is 1. The van der Waals surface area contributed by atoms with Crippen molar-refractivity contribution in [1.82, 2.24) is 4.90 Å². The summed E-state index contributed by atoms with van der Waals surface area (Å²) >= 11 is 0. The van der Waals surface area contributed by atoms with Gasteiger partial charge in [-0.2, -0.15) is 0 Å². The van der Waals surface area contributed by atoms with Gasteiger partial charge in [-0.1, -0.05) is 18.6 Å². The lowest BCUT2D eigenvalue weighted by Crippen LogP contribution is -2.41. The van der Waals surface area contributed by atoms with Crippen LogP contribution in [0.15, 0.2) is 18.2 Å². The summed E-state index contributed by atoms with van der Waals surface area (Å²) < 4.78 is 14.3. The first-order valence-corrected chi connectivity index (χ1v) is 8.12. The van der Waals surface area contributed by atoms with Crippen molar-refractivity contribution in [3.8, 4) is 0 Å². The van der Waals surface area contributed by atoms with Gasteiger partial charge in [0, 0.05) is 24.7 Å². The van der Waals surface area contributed by atoms with E-state index in [2.05, 4.69) is 9.80 Å². The fourth-order valence-electron chi connectivity index (χ4n) is 3.73. The van der Waals surface area contributed by atoms with Gasteiger partial charge in [0.1, 0.15) is 5.82 Å². The van der Waals surface area contributed by atoms with Crippen molar-refractivity contribution >= 4 is 5.69 Å². The molecular weight excluding hydrogens is 267 g/mol. The first-order chi connectivity index (χ1) is 10.2. The van der Waals surface area contributed by atoms with Gasteiger partial charge in [0.05, 0.1) is 11.8 Å². The number of rotatable bonds is 3. The first-order valence-electron chi connectivity index (χ1n) is 8.12. The van der Waals surface area contributed by atoms with E-state index in [0.717, 1.165) is 19.5 Å². The van der Waals surface area contributed by atoms with Crippen molar-refractivity contribution in [1.29, 1.82) is 0 Å². The number of benzene rings is 1. The zero-order valence-electron chi connectivity index (χ0n) is 12.8. The molecular formula is C17H25FN2O. The monoisotopic (exact) mass is 292 g/mol. The Morgan fingerprint density at radius 1 is 1.19 bits per heavy atom. The largest absolute Gasteiger partial charge is 0.389 e. The molecule has 0 aromatic heterocycles. The second-order valence-electron chi connectivity index (χ2n) is 6.34. The Balaban J connectivity index is 1.77. The van der Waals surface area contributed by atoms with Crippen molar-refractivity contribution in [2.45, 2.75) is 44.8 Å². The summed E-state index contributed by atoms with van der Waals surface area (Å²) in [4.78, 5) is 4.68. The van der Waals surface area contributed by atoms with E-state index in [4.69, 9.17) is 0 Å². The number of nitrogens with zero attached hydrogens (tertiary/aromatic N) is 2. The van der Waals surface area contributed by atoms with Gasteiger partial charge in [-0.25, -0.2) is 4.39 Å². The summed E-state index contributed by atoms with van der Waals surface area (Å²) in [5.41, 5.74) is 1.31. The third-order valence-corrected chi connectivity index (χ3v) is 4.85. The van der Waals surface area contributed by atoms with E-state index in [1.165, 1.54) is 38.4 Å². The quantitative estimate of drug-likeness (QED) is 0.928. The molecule has 3 nitrogen and oxygen atoms in total. The summed E-state index contributed by atoms with van der Waals surface area (Å²) in [5, 5.41) is 9.90. The van der Waals surface area contributed by atoms with Crippen LogP contribution in [-0.4, -0.2) is 42.2 Å². The summed E-state index contributed by atoms with van der Waals surface area (Å²) in [5.74, 6) is -0.215. The molecule has 1 aromatic carbocycles. The van der Waals surface area contributed by atoms with Crippen LogP contribution in [0, 0.1) is 5.82 Å². The maximum absolute atomic E-state index is 14.3. The molecule has 116 valence electrons. The van der Waals surface area contributed by atoms with Crippen LogP contribution in [0.25, 0.3) is 0 Å². The summed E-state index contributed by atoms with van der Waals surface area (Å²) in [6.45, 7) is 5.82. The molecule has 0 bridgehead atoms. The Hall–Kier alpha value is -1.13. The lowest BCUT2D eigenvalue weighted by molar-refractivity contribution is 0.174. The number of aliphatic hydroxyl groups excluding tert-OH is 1. The van der Waals surface area contributed by atoms with Crippen LogP contribution < -0.4 is 4.90 Å². The van der Waals surface area contributed by atoms with Gasteiger partial charge in [0.2, 0.25) is 0 Å². The number of halogens is 1. The molecule has 1 aromatic rings. The molecule has 4 heteroatoms. The van der Waals surface area contributed by atoms with Crippen LogP contribution in [-0.2, 0) is 0 Å². The smallest absolute Gasteiger partial charge is 0.146 e. The minimum Gasteiger partial charge on any atom is -0.389 e. The lowest BCUT2D eigenvalue weighted by atomic mass is 10.1. The third-order valence-electron chi connectivity index (χ3n) is 4.85. The van der Waals surface area contributed by atoms with Gasteiger partial charge in [0.15, 0.2) is 0 Å². The predicted molar refractivity (Wildman–Crippen MR) is 83.1 cm³/mol. The fourth-order valence-corrected chi connectivity index (χ4v) is 3.73. The van der Waals surface area contributed by atoms with Gasteiger partial charge < -0.3 is 10.0 Å². The SMILES string of the molecule is CC(O)c1cccc(F)c1N1CCC(N2CCCCC2)C1. The van der Waals surface area contributed by atoms with Gasteiger partial charge in [-0.3, -0.25) is 4.90 Å². The molecule has 2 aliphatic rings. The van der Waals surface area contributed by atoms with Crippen LogP contribution in [0.3, 0.4) is 0 Å². The molecule has 0 saturated carbocycles. The van der Waals surface area contributed by atoms with Crippen LogP contribution in [0.5, 0.6) is 0 Å². The number of anilines is 1. The Labute approximate surface area is 126 Å². The highest BCUT2D eigenvalue weighted by atomic mass is 19.1. The predicted octanol–water partition coefficient (Wildman–Crippen LogP) is 2.94. The molecule has 1 N–H and O–H groups in total. The molecule has 2 unspecified atom stereocenters. The van der Waals surface area contributed by atoms with Gasteiger partial charge in [-0.15, -0.1) is 0 Å². The van der Waals surface area contributed by atoms with Crippen LogP contribution in [0.4, 0.5) is 10.1 Å². The standard InChI is InChI=1S/C17H25FN2O/c1-13(21)15-6-5-7-16(18)17(15)20-11-8-14(12-20)19-9-3-2-4-10-19/h5-7,13-14,21H,2-4,8-12H2,1H3. The van der Waals surface area contributed by atoms with Crippen molar-refractivity contribution < 1.29 is 9.50 Å². The van der Waals surface area contributed by atoms with Crippen molar-refractivity contribution in [2.24, 2.45) is 0 Å². The molecule has 2 saturated heterocycles. The van der Waals surface area contributed by atoms with Gasteiger partial charge in [0.25, 0.3) is 0 Å². The van der Waals surface area contributed by atoms with Crippen molar-refractivity contribution in [3.05, 3.63) is 29.6 Å². The average molecular weight is 292 g/mol. The molecule has 0 aliphatic carbocycles. The average Bonchev–Trinajstić information content (AvgIpc) is 2.97. The number of hydrogen-bond donors (Lipinski definition) is 1. The highest BCUT2D eigenvalue weighted by Crippen LogP contribution is 2.33. The van der Waals surface area contributed by atoms with Crippen molar-refractivity contribution in [2.75, 3.05) is 31.1 Å². The highest BCUT2D eigenvalue weighted by molar-refractivity contribution is 5.56. The summed E-state index contributed by atoms with van der Waals surface area (Å²) in [6, 6.07) is 5.54. The Bertz CT molecular complexity index is 486. The zero-order chi connectivity index (χ0) is 14.8. The van der Waals surface area contributed by atoms with E-state index >= 15 is 0 Å². The molecule has 2 heterocycles. The maximum atomic E-state index is 14.3. The molecule has 0 radical (unpaired) electrons. The maximum Gasteiger partial charge on any atom is 0.146 e. The van der Waals surface area contributed by atoms with Gasteiger partial charge >= 0.3 is 0 Å². The van der Waals surface area contributed by atoms with Crippen LogP contribution >= 0.6 is 0 Å². The van der Waals surface area contributed by atoms with E-state index in [1.807, 2.05) is 6.07 Å². The number of piperidine rings is 1. The first kappa shape index (κ1) is 14.8. The molecule has 3 rings (SSSR count). The van der Waals surface area contributed by atoms with Crippen LogP contribution in [0.2, 0.25) is 0 Å². The number of aliphatic hydroxyl groups is 1. The van der Waals surface area contributed by atoms with E-state index < -0.39 is 6.10 Å². The number of hydrogen-bond acceptors (Lipinski definition) is 3. The molecule has 2 aliphatic heterocycles. The van der Waals surface area contributed by atoms with E-state index in [-0.39, 0.29) is 5.82 Å². The Kier molecular flexibility index (Phi) is 4.45. The molecule has 21 heavy (non-hydrogen) atoms. The fraction of sp³-hybridized carbons (Fsp3) is 0.647. The Morgan fingerprint density at radius 2 is 1.95 bits per heavy atom. The van der Waals surface area contributed by atoms with Crippen LogP contribution in [0.1, 0.15) is 44.3 Å². The van der Waals surface area contributed by atoms with E-state index in [1.54, 1.807) is 13.0 Å².